The second-order valence-corrected chi connectivity index (χ2v) is 6.55. The van der Waals surface area contributed by atoms with E-state index in [0.717, 1.165) is 16.2 Å². The lowest BCUT2D eigenvalue weighted by Crippen LogP contribution is -2.07. The lowest BCUT2D eigenvalue weighted by Gasteiger charge is -2.15. The minimum Gasteiger partial charge on any atom is -0.296 e. The molecule has 84 valence electrons. The molecule has 16 heavy (non-hydrogen) atoms. The molecule has 0 saturated carbocycles. The standard InChI is InChI=1S/C12H13NOS2/c1-12(2,3)10-5-4-9(16-10)11-13-8(6-14)7-15-11/h4-7H,1-3H3. The molecule has 0 amide bonds. The summed E-state index contributed by atoms with van der Waals surface area (Å²) < 4.78 is 0. The molecule has 2 nitrogen and oxygen atoms in total. The molecule has 2 aromatic rings. The van der Waals surface area contributed by atoms with Gasteiger partial charge in [0, 0.05) is 10.3 Å². The number of thiophene rings is 1. The van der Waals surface area contributed by atoms with E-state index in [4.69, 9.17) is 0 Å². The van der Waals surface area contributed by atoms with Crippen LogP contribution in [0.15, 0.2) is 17.5 Å². The van der Waals surface area contributed by atoms with Gasteiger partial charge in [-0.3, -0.25) is 4.79 Å². The summed E-state index contributed by atoms with van der Waals surface area (Å²) in [5.41, 5.74) is 0.693. The molecule has 0 fully saturated rings. The van der Waals surface area contributed by atoms with Crippen LogP contribution >= 0.6 is 22.7 Å². The van der Waals surface area contributed by atoms with E-state index in [1.165, 1.54) is 16.2 Å². The molecule has 0 aromatic carbocycles. The quantitative estimate of drug-likeness (QED) is 0.756. The van der Waals surface area contributed by atoms with Crippen LogP contribution in [0.2, 0.25) is 0 Å². The van der Waals surface area contributed by atoms with Crippen LogP contribution in [-0.4, -0.2) is 11.3 Å². The number of carbonyl (C=O) groups excluding carboxylic acids is 1. The number of rotatable bonds is 2. The maximum Gasteiger partial charge on any atom is 0.169 e. The van der Waals surface area contributed by atoms with E-state index in [2.05, 4.69) is 37.9 Å². The summed E-state index contributed by atoms with van der Waals surface area (Å²) in [6, 6.07) is 4.22. The molecule has 0 aliphatic carbocycles. The molecule has 0 unspecified atom stereocenters. The minimum absolute atomic E-state index is 0.174. The molecular formula is C12H13NOS2. The van der Waals surface area contributed by atoms with Gasteiger partial charge in [-0.15, -0.1) is 22.7 Å². The van der Waals surface area contributed by atoms with Crippen molar-refractivity contribution < 1.29 is 4.79 Å². The molecule has 0 N–H and O–H groups in total. The third-order valence-corrected chi connectivity index (χ3v) is 4.74. The van der Waals surface area contributed by atoms with Gasteiger partial charge in [0.2, 0.25) is 0 Å². The van der Waals surface area contributed by atoms with Gasteiger partial charge in [-0.1, -0.05) is 20.8 Å². The van der Waals surface area contributed by atoms with Gasteiger partial charge in [-0.05, 0) is 17.5 Å². The van der Waals surface area contributed by atoms with Crippen molar-refractivity contribution in [3.05, 3.63) is 28.1 Å². The van der Waals surface area contributed by atoms with E-state index < -0.39 is 0 Å². The first-order valence-electron chi connectivity index (χ1n) is 5.02. The molecule has 0 radical (unpaired) electrons. The Morgan fingerprint density at radius 3 is 2.56 bits per heavy atom. The number of hydrogen-bond donors (Lipinski definition) is 0. The van der Waals surface area contributed by atoms with E-state index in [1.807, 2.05) is 0 Å². The highest BCUT2D eigenvalue weighted by molar-refractivity contribution is 7.21. The first kappa shape index (κ1) is 11.5. The second-order valence-electron chi connectivity index (χ2n) is 4.61. The van der Waals surface area contributed by atoms with Crippen LogP contribution in [0, 0.1) is 0 Å². The van der Waals surface area contributed by atoms with Crippen molar-refractivity contribution in [1.29, 1.82) is 0 Å². The fourth-order valence-corrected chi connectivity index (χ4v) is 3.21. The van der Waals surface area contributed by atoms with Gasteiger partial charge in [-0.25, -0.2) is 4.98 Å². The predicted molar refractivity (Wildman–Crippen MR) is 69.5 cm³/mol. The van der Waals surface area contributed by atoms with E-state index in [-0.39, 0.29) is 5.41 Å². The maximum absolute atomic E-state index is 10.6. The van der Waals surface area contributed by atoms with Crippen molar-refractivity contribution in [3.8, 4) is 9.88 Å². The fourth-order valence-electron chi connectivity index (χ4n) is 1.31. The summed E-state index contributed by atoms with van der Waals surface area (Å²) in [5, 5.41) is 2.72. The Balaban J connectivity index is 2.35. The van der Waals surface area contributed by atoms with Gasteiger partial charge in [0.25, 0.3) is 0 Å². The van der Waals surface area contributed by atoms with Crippen molar-refractivity contribution in [1.82, 2.24) is 4.98 Å². The van der Waals surface area contributed by atoms with Crippen molar-refractivity contribution in [2.24, 2.45) is 0 Å². The molecule has 2 rings (SSSR count). The SMILES string of the molecule is CC(C)(C)c1ccc(-c2nc(C=O)cs2)s1. The lowest BCUT2D eigenvalue weighted by molar-refractivity contribution is 0.111. The summed E-state index contributed by atoms with van der Waals surface area (Å²) in [5.74, 6) is 0. The zero-order chi connectivity index (χ0) is 11.8. The highest BCUT2D eigenvalue weighted by atomic mass is 32.1. The Labute approximate surface area is 103 Å². The molecular weight excluding hydrogens is 238 g/mol. The average Bonchev–Trinajstić information content (AvgIpc) is 2.85. The molecule has 0 spiro atoms. The number of hydrogen-bond acceptors (Lipinski definition) is 4. The zero-order valence-corrected chi connectivity index (χ0v) is 11.1. The molecule has 0 bridgehead atoms. The topological polar surface area (TPSA) is 30.0 Å². The first-order chi connectivity index (χ1) is 7.50. The van der Waals surface area contributed by atoms with Gasteiger partial charge < -0.3 is 0 Å². The van der Waals surface area contributed by atoms with E-state index in [1.54, 1.807) is 16.7 Å². The summed E-state index contributed by atoms with van der Waals surface area (Å²) in [6.45, 7) is 6.59. The van der Waals surface area contributed by atoms with E-state index >= 15 is 0 Å². The average molecular weight is 251 g/mol. The number of nitrogens with zero attached hydrogens (tertiary/aromatic N) is 1. The van der Waals surface area contributed by atoms with Crippen molar-refractivity contribution in [3.63, 3.8) is 0 Å². The van der Waals surface area contributed by atoms with E-state index in [0.29, 0.717) is 5.69 Å². The molecule has 0 aliphatic rings. The normalized spacial score (nSPS) is 11.7. The zero-order valence-electron chi connectivity index (χ0n) is 9.48. The number of thiazole rings is 1. The van der Waals surface area contributed by atoms with E-state index in [9.17, 15) is 4.79 Å². The molecule has 4 heteroatoms. The van der Waals surface area contributed by atoms with Crippen molar-refractivity contribution in [2.45, 2.75) is 26.2 Å². The monoisotopic (exact) mass is 251 g/mol. The van der Waals surface area contributed by atoms with Crippen LogP contribution in [-0.2, 0) is 5.41 Å². The lowest BCUT2D eigenvalue weighted by atomic mass is 9.95. The largest absolute Gasteiger partial charge is 0.296 e. The summed E-state index contributed by atoms with van der Waals surface area (Å²) in [6.07, 6.45) is 0.790. The summed E-state index contributed by atoms with van der Waals surface area (Å²) in [4.78, 5) is 17.3. The minimum atomic E-state index is 0.174. The molecule has 0 atom stereocenters. The third-order valence-electron chi connectivity index (χ3n) is 2.20. The number of carbonyl (C=O) groups is 1. The van der Waals surface area contributed by atoms with Gasteiger partial charge in [0.05, 0.1) is 4.88 Å². The Hall–Kier alpha value is -1.00. The van der Waals surface area contributed by atoms with Gasteiger partial charge >= 0.3 is 0 Å². The molecule has 0 saturated heterocycles. The first-order valence-corrected chi connectivity index (χ1v) is 6.72. The van der Waals surface area contributed by atoms with Gasteiger partial charge in [0.1, 0.15) is 10.7 Å². The maximum atomic E-state index is 10.6. The highest BCUT2D eigenvalue weighted by Gasteiger charge is 2.17. The second kappa shape index (κ2) is 4.11. The Kier molecular flexibility index (Phi) is 2.95. The van der Waals surface area contributed by atoms with Crippen molar-refractivity contribution >= 4 is 29.0 Å². The Morgan fingerprint density at radius 1 is 1.31 bits per heavy atom. The Morgan fingerprint density at radius 2 is 2.06 bits per heavy atom. The van der Waals surface area contributed by atoms with Crippen molar-refractivity contribution in [2.75, 3.05) is 0 Å². The number of aldehydes is 1. The van der Waals surface area contributed by atoms with Gasteiger partial charge in [0.15, 0.2) is 6.29 Å². The summed E-state index contributed by atoms with van der Waals surface area (Å²) >= 11 is 3.27. The van der Waals surface area contributed by atoms with Crippen LogP contribution < -0.4 is 0 Å². The summed E-state index contributed by atoms with van der Waals surface area (Å²) in [7, 11) is 0. The smallest absolute Gasteiger partial charge is 0.169 e. The van der Waals surface area contributed by atoms with Crippen LogP contribution in [0.25, 0.3) is 9.88 Å². The van der Waals surface area contributed by atoms with Crippen LogP contribution in [0.3, 0.4) is 0 Å². The van der Waals surface area contributed by atoms with Crippen LogP contribution in [0.1, 0.15) is 36.1 Å². The van der Waals surface area contributed by atoms with Crippen LogP contribution in [0.5, 0.6) is 0 Å². The third kappa shape index (κ3) is 2.23. The molecule has 2 heterocycles. The predicted octanol–water partition coefficient (Wildman–Crippen LogP) is 3.98. The number of aromatic nitrogens is 1. The van der Waals surface area contributed by atoms with Crippen LogP contribution in [0.4, 0.5) is 0 Å². The molecule has 0 aliphatic heterocycles. The molecule has 2 aromatic heterocycles. The fraction of sp³-hybridized carbons (Fsp3) is 0.333. The highest BCUT2D eigenvalue weighted by Crippen LogP contribution is 2.35. The Bertz CT molecular complexity index is 505. The van der Waals surface area contributed by atoms with Gasteiger partial charge in [-0.2, -0.15) is 0 Å².